The molecule has 0 spiro atoms. The van der Waals surface area contributed by atoms with Crippen LogP contribution in [0.2, 0.25) is 0 Å². The van der Waals surface area contributed by atoms with Crippen LogP contribution in [0, 0.1) is 11.6 Å². The van der Waals surface area contributed by atoms with Crippen molar-refractivity contribution in [2.24, 2.45) is 0 Å². The SMILES string of the molecule is CCN(CC)c1ccccc1S(=O)(=O)c1ccc(F)c(F)c1. The van der Waals surface area contributed by atoms with E-state index < -0.39 is 21.5 Å². The van der Waals surface area contributed by atoms with Gasteiger partial charge in [-0.25, -0.2) is 17.2 Å². The zero-order chi connectivity index (χ0) is 16.3. The van der Waals surface area contributed by atoms with Gasteiger partial charge < -0.3 is 4.90 Å². The lowest BCUT2D eigenvalue weighted by atomic mass is 10.3. The number of nitrogens with zero attached hydrogens (tertiary/aromatic N) is 1. The second-order valence-electron chi connectivity index (χ2n) is 4.72. The number of rotatable bonds is 5. The first-order chi connectivity index (χ1) is 10.4. The first-order valence-electron chi connectivity index (χ1n) is 6.96. The Kier molecular flexibility index (Phi) is 4.81. The van der Waals surface area contributed by atoms with E-state index in [0.717, 1.165) is 12.1 Å². The zero-order valence-electron chi connectivity index (χ0n) is 12.4. The van der Waals surface area contributed by atoms with Gasteiger partial charge in [-0.3, -0.25) is 0 Å². The van der Waals surface area contributed by atoms with Gasteiger partial charge in [-0.05, 0) is 44.2 Å². The number of hydrogen-bond donors (Lipinski definition) is 0. The maximum Gasteiger partial charge on any atom is 0.208 e. The number of para-hydroxylation sites is 1. The van der Waals surface area contributed by atoms with E-state index in [0.29, 0.717) is 24.8 Å². The molecule has 2 aromatic carbocycles. The largest absolute Gasteiger partial charge is 0.371 e. The first kappa shape index (κ1) is 16.4. The van der Waals surface area contributed by atoms with Crippen LogP contribution in [0.3, 0.4) is 0 Å². The predicted octanol–water partition coefficient (Wildman–Crippen LogP) is 3.64. The first-order valence-corrected chi connectivity index (χ1v) is 8.44. The molecule has 0 aliphatic carbocycles. The summed E-state index contributed by atoms with van der Waals surface area (Å²) < 4.78 is 51.9. The third kappa shape index (κ3) is 2.97. The summed E-state index contributed by atoms with van der Waals surface area (Å²) >= 11 is 0. The van der Waals surface area contributed by atoms with Crippen molar-refractivity contribution in [3.63, 3.8) is 0 Å². The molecule has 0 N–H and O–H groups in total. The minimum atomic E-state index is -3.92. The van der Waals surface area contributed by atoms with Crippen molar-refractivity contribution in [1.29, 1.82) is 0 Å². The van der Waals surface area contributed by atoms with Crippen molar-refractivity contribution in [2.75, 3.05) is 18.0 Å². The molecule has 2 rings (SSSR count). The van der Waals surface area contributed by atoms with Crippen LogP contribution in [0.25, 0.3) is 0 Å². The fraction of sp³-hybridized carbons (Fsp3) is 0.250. The summed E-state index contributed by atoms with van der Waals surface area (Å²) in [6.45, 7) is 5.12. The quantitative estimate of drug-likeness (QED) is 0.788. The van der Waals surface area contributed by atoms with E-state index in [-0.39, 0.29) is 9.79 Å². The lowest BCUT2D eigenvalue weighted by Crippen LogP contribution is -2.24. The molecule has 0 radical (unpaired) electrons. The number of anilines is 1. The summed E-state index contributed by atoms with van der Waals surface area (Å²) in [7, 11) is -3.92. The van der Waals surface area contributed by atoms with Crippen molar-refractivity contribution >= 4 is 15.5 Å². The molecular weight excluding hydrogens is 308 g/mol. The summed E-state index contributed by atoms with van der Waals surface area (Å²) in [4.78, 5) is 1.72. The molecule has 22 heavy (non-hydrogen) atoms. The molecule has 0 aliphatic heterocycles. The lowest BCUT2D eigenvalue weighted by Gasteiger charge is -2.23. The Labute approximate surface area is 129 Å². The maximum atomic E-state index is 13.4. The highest BCUT2D eigenvalue weighted by molar-refractivity contribution is 7.91. The van der Waals surface area contributed by atoms with Crippen LogP contribution in [0.5, 0.6) is 0 Å². The molecule has 3 nitrogen and oxygen atoms in total. The van der Waals surface area contributed by atoms with E-state index in [1.807, 2.05) is 18.7 Å². The second kappa shape index (κ2) is 6.44. The van der Waals surface area contributed by atoms with E-state index in [1.54, 1.807) is 18.2 Å². The highest BCUT2D eigenvalue weighted by atomic mass is 32.2. The van der Waals surface area contributed by atoms with Gasteiger partial charge in [-0.1, -0.05) is 12.1 Å². The molecule has 0 aromatic heterocycles. The van der Waals surface area contributed by atoms with E-state index in [2.05, 4.69) is 0 Å². The van der Waals surface area contributed by atoms with Crippen LogP contribution in [0.15, 0.2) is 52.3 Å². The van der Waals surface area contributed by atoms with Crippen molar-refractivity contribution in [3.05, 3.63) is 54.1 Å². The molecular formula is C16H17F2NO2S. The fourth-order valence-electron chi connectivity index (χ4n) is 2.28. The van der Waals surface area contributed by atoms with Crippen LogP contribution in [0.1, 0.15) is 13.8 Å². The molecule has 2 aromatic rings. The summed E-state index contributed by atoms with van der Waals surface area (Å²) in [5, 5.41) is 0. The highest BCUT2D eigenvalue weighted by Gasteiger charge is 2.24. The van der Waals surface area contributed by atoms with Gasteiger partial charge in [0.1, 0.15) is 0 Å². The standard InChI is InChI=1S/C16H17F2NO2S/c1-3-19(4-2)15-7-5-6-8-16(15)22(20,21)12-9-10-13(17)14(18)11-12/h5-11H,3-4H2,1-2H3. The van der Waals surface area contributed by atoms with Crippen LogP contribution >= 0.6 is 0 Å². The Morgan fingerprint density at radius 3 is 2.18 bits per heavy atom. The Morgan fingerprint density at radius 1 is 0.955 bits per heavy atom. The third-order valence-corrected chi connectivity index (χ3v) is 5.26. The number of halogens is 2. The summed E-state index contributed by atoms with van der Waals surface area (Å²) in [5.41, 5.74) is 0.553. The van der Waals surface area contributed by atoms with Crippen LogP contribution in [-0.4, -0.2) is 21.5 Å². The normalized spacial score (nSPS) is 11.5. The average molecular weight is 325 g/mol. The summed E-state index contributed by atoms with van der Waals surface area (Å²) in [5.74, 6) is -2.25. The molecule has 118 valence electrons. The Morgan fingerprint density at radius 2 is 1.59 bits per heavy atom. The van der Waals surface area contributed by atoms with Crippen LogP contribution in [0.4, 0.5) is 14.5 Å². The third-order valence-electron chi connectivity index (χ3n) is 3.46. The Hall–Kier alpha value is -1.95. The van der Waals surface area contributed by atoms with Crippen LogP contribution in [-0.2, 0) is 9.84 Å². The van der Waals surface area contributed by atoms with Crippen molar-refractivity contribution in [1.82, 2.24) is 0 Å². The molecule has 0 bridgehead atoms. The van der Waals surface area contributed by atoms with E-state index >= 15 is 0 Å². The van der Waals surface area contributed by atoms with E-state index in [4.69, 9.17) is 0 Å². The predicted molar refractivity (Wildman–Crippen MR) is 81.8 cm³/mol. The van der Waals surface area contributed by atoms with Crippen LogP contribution < -0.4 is 4.90 Å². The minimum absolute atomic E-state index is 0.0877. The van der Waals surface area contributed by atoms with Gasteiger partial charge in [0.15, 0.2) is 11.6 Å². The topological polar surface area (TPSA) is 37.4 Å². The van der Waals surface area contributed by atoms with Gasteiger partial charge in [0.25, 0.3) is 0 Å². The Balaban J connectivity index is 2.61. The average Bonchev–Trinajstić information content (AvgIpc) is 2.51. The smallest absolute Gasteiger partial charge is 0.208 e. The molecule has 0 saturated heterocycles. The minimum Gasteiger partial charge on any atom is -0.371 e. The van der Waals surface area contributed by atoms with Gasteiger partial charge >= 0.3 is 0 Å². The monoisotopic (exact) mass is 325 g/mol. The lowest BCUT2D eigenvalue weighted by molar-refractivity contribution is 0.504. The molecule has 0 heterocycles. The molecule has 0 unspecified atom stereocenters. The van der Waals surface area contributed by atoms with Crippen molar-refractivity contribution in [3.8, 4) is 0 Å². The van der Waals surface area contributed by atoms with E-state index in [1.165, 1.54) is 6.07 Å². The van der Waals surface area contributed by atoms with Gasteiger partial charge in [-0.15, -0.1) is 0 Å². The van der Waals surface area contributed by atoms with Crippen molar-refractivity contribution in [2.45, 2.75) is 23.6 Å². The van der Waals surface area contributed by atoms with Gasteiger partial charge in [0, 0.05) is 13.1 Å². The molecule has 0 aliphatic rings. The number of benzene rings is 2. The summed E-state index contributed by atoms with van der Waals surface area (Å²) in [6, 6.07) is 9.15. The molecule has 0 saturated carbocycles. The van der Waals surface area contributed by atoms with E-state index in [9.17, 15) is 17.2 Å². The maximum absolute atomic E-state index is 13.4. The fourth-order valence-corrected chi connectivity index (χ4v) is 3.77. The molecule has 0 fully saturated rings. The van der Waals surface area contributed by atoms with Gasteiger partial charge in [0.05, 0.1) is 15.5 Å². The zero-order valence-corrected chi connectivity index (χ0v) is 13.2. The van der Waals surface area contributed by atoms with Gasteiger partial charge in [0.2, 0.25) is 9.84 Å². The molecule has 6 heteroatoms. The van der Waals surface area contributed by atoms with Gasteiger partial charge in [-0.2, -0.15) is 0 Å². The highest BCUT2D eigenvalue weighted by Crippen LogP contribution is 2.30. The Bertz CT molecular complexity index is 771. The summed E-state index contributed by atoms with van der Waals surface area (Å²) in [6.07, 6.45) is 0. The molecule has 0 amide bonds. The number of sulfone groups is 1. The van der Waals surface area contributed by atoms with Crippen molar-refractivity contribution < 1.29 is 17.2 Å². The number of hydrogen-bond acceptors (Lipinski definition) is 3. The second-order valence-corrected chi connectivity index (χ2v) is 6.64. The molecule has 0 atom stereocenters.